The van der Waals surface area contributed by atoms with E-state index in [4.69, 9.17) is 4.74 Å². The number of rotatable bonds is 6. The molecule has 0 bridgehead atoms. The number of amides is 2. The number of hydrogen-bond donors (Lipinski definition) is 1. The Hall–Kier alpha value is -3.67. The van der Waals surface area contributed by atoms with Gasteiger partial charge in [0.15, 0.2) is 6.10 Å². The van der Waals surface area contributed by atoms with E-state index >= 15 is 0 Å². The number of benzene rings is 2. The fourth-order valence-corrected chi connectivity index (χ4v) is 3.89. The van der Waals surface area contributed by atoms with E-state index in [2.05, 4.69) is 10.3 Å². The second kappa shape index (κ2) is 9.64. The summed E-state index contributed by atoms with van der Waals surface area (Å²) in [6, 6.07) is 19.0. The molecule has 1 fully saturated rings. The van der Waals surface area contributed by atoms with E-state index in [9.17, 15) is 9.59 Å². The first-order valence-corrected chi connectivity index (χ1v) is 10.8. The molecule has 0 aliphatic carbocycles. The summed E-state index contributed by atoms with van der Waals surface area (Å²) in [5.74, 6) is 0.324. The van der Waals surface area contributed by atoms with Crippen LogP contribution in [0.3, 0.4) is 0 Å². The monoisotopic (exact) mass is 429 g/mol. The molecule has 1 saturated heterocycles. The molecule has 0 unspecified atom stereocenters. The zero-order valence-corrected chi connectivity index (χ0v) is 18.3. The number of aromatic nitrogens is 1. The summed E-state index contributed by atoms with van der Waals surface area (Å²) in [5.41, 5.74) is 4.28. The molecule has 1 aliphatic heterocycles. The second-order valence-electron chi connectivity index (χ2n) is 8.05. The van der Waals surface area contributed by atoms with Crippen molar-refractivity contribution in [3.05, 3.63) is 84.2 Å². The first-order chi connectivity index (χ1) is 15.5. The second-order valence-corrected chi connectivity index (χ2v) is 8.05. The van der Waals surface area contributed by atoms with Crippen molar-refractivity contribution in [2.75, 3.05) is 13.1 Å². The van der Waals surface area contributed by atoms with E-state index in [1.807, 2.05) is 67.6 Å². The number of piperazine rings is 1. The summed E-state index contributed by atoms with van der Waals surface area (Å²) in [7, 11) is 0. The number of pyridine rings is 1. The van der Waals surface area contributed by atoms with Gasteiger partial charge in [0.1, 0.15) is 11.8 Å². The van der Waals surface area contributed by atoms with Gasteiger partial charge in [0.05, 0.1) is 0 Å². The maximum atomic E-state index is 13.2. The molecule has 0 saturated carbocycles. The van der Waals surface area contributed by atoms with Crippen molar-refractivity contribution in [2.24, 2.45) is 0 Å². The molecular weight excluding hydrogens is 402 g/mol. The lowest BCUT2D eigenvalue weighted by Crippen LogP contribution is -2.60. The molecule has 32 heavy (non-hydrogen) atoms. The maximum Gasteiger partial charge on any atom is 0.264 e. The van der Waals surface area contributed by atoms with Crippen molar-refractivity contribution in [1.29, 1.82) is 0 Å². The fourth-order valence-electron chi connectivity index (χ4n) is 3.89. The van der Waals surface area contributed by atoms with Crippen LogP contribution < -0.4 is 10.1 Å². The molecule has 2 heterocycles. The summed E-state index contributed by atoms with van der Waals surface area (Å²) in [5, 5.41) is 2.89. The van der Waals surface area contributed by atoms with Crippen LogP contribution in [0.25, 0.3) is 11.1 Å². The normalized spacial score (nSPS) is 16.9. The lowest BCUT2D eigenvalue weighted by atomic mass is 9.99. The molecular formula is C26H27N3O3. The number of carbonyl (C=O) groups excluding carboxylic acids is 2. The van der Waals surface area contributed by atoms with Gasteiger partial charge >= 0.3 is 0 Å². The third-order valence-corrected chi connectivity index (χ3v) is 5.69. The number of hydrogen-bond acceptors (Lipinski definition) is 4. The van der Waals surface area contributed by atoms with Crippen molar-refractivity contribution in [1.82, 2.24) is 15.2 Å². The standard InChI is InChI=1S/C26H27N3O3/c1-18-3-9-23(10-4-18)32-19(2)26(31)29-16-15-28-25(30)24(29)17-20-5-7-21(8-6-20)22-11-13-27-14-12-22/h3-14,19,24H,15-17H2,1-2H3,(H,28,30)/t19-,24-/m0/s1. The predicted octanol–water partition coefficient (Wildman–Crippen LogP) is 3.39. The largest absolute Gasteiger partial charge is 0.481 e. The molecule has 6 nitrogen and oxygen atoms in total. The van der Waals surface area contributed by atoms with Crippen LogP contribution in [0.15, 0.2) is 73.1 Å². The molecule has 1 aliphatic rings. The lowest BCUT2D eigenvalue weighted by Gasteiger charge is -2.36. The van der Waals surface area contributed by atoms with Crippen molar-refractivity contribution in [3.63, 3.8) is 0 Å². The van der Waals surface area contributed by atoms with Crippen LogP contribution in [0, 0.1) is 6.92 Å². The molecule has 0 radical (unpaired) electrons. The number of nitrogens with one attached hydrogen (secondary N) is 1. The van der Waals surface area contributed by atoms with Crippen LogP contribution in [-0.4, -0.2) is 46.9 Å². The Morgan fingerprint density at radius 1 is 1.06 bits per heavy atom. The van der Waals surface area contributed by atoms with Crippen LogP contribution >= 0.6 is 0 Å². The van der Waals surface area contributed by atoms with Gasteiger partial charge in [-0.25, -0.2) is 0 Å². The van der Waals surface area contributed by atoms with Crippen molar-refractivity contribution in [3.8, 4) is 16.9 Å². The van der Waals surface area contributed by atoms with Crippen LogP contribution in [0.5, 0.6) is 5.75 Å². The van der Waals surface area contributed by atoms with Gasteiger partial charge < -0.3 is 15.0 Å². The highest BCUT2D eigenvalue weighted by molar-refractivity contribution is 5.90. The molecule has 164 valence electrons. The Labute approximate surface area is 188 Å². The van der Waals surface area contributed by atoms with E-state index in [0.717, 1.165) is 22.3 Å². The molecule has 2 amide bonds. The van der Waals surface area contributed by atoms with Gasteiger partial charge in [0.2, 0.25) is 5.91 Å². The summed E-state index contributed by atoms with van der Waals surface area (Å²) in [6.45, 7) is 4.64. The third-order valence-electron chi connectivity index (χ3n) is 5.69. The lowest BCUT2D eigenvalue weighted by molar-refractivity contribution is -0.147. The molecule has 4 rings (SSSR count). The van der Waals surface area contributed by atoms with Crippen molar-refractivity contribution < 1.29 is 14.3 Å². The average molecular weight is 430 g/mol. The van der Waals surface area contributed by atoms with Crippen molar-refractivity contribution in [2.45, 2.75) is 32.4 Å². The summed E-state index contributed by atoms with van der Waals surface area (Å²) >= 11 is 0. The molecule has 2 aromatic carbocycles. The molecule has 3 aromatic rings. The SMILES string of the molecule is Cc1ccc(O[C@@H](C)C(=O)N2CCNC(=O)[C@@H]2Cc2ccc(-c3ccncc3)cc2)cc1. The Kier molecular flexibility index (Phi) is 6.50. The summed E-state index contributed by atoms with van der Waals surface area (Å²) in [4.78, 5) is 31.5. The van der Waals surface area contributed by atoms with Gasteiger partial charge in [-0.3, -0.25) is 14.6 Å². The van der Waals surface area contributed by atoms with Crippen LogP contribution in [0.4, 0.5) is 0 Å². The first kappa shape index (κ1) is 21.6. The van der Waals surface area contributed by atoms with E-state index in [1.54, 1.807) is 24.2 Å². The number of carbonyl (C=O) groups is 2. The molecule has 2 atom stereocenters. The Morgan fingerprint density at radius 3 is 2.41 bits per heavy atom. The Bertz CT molecular complexity index is 1070. The van der Waals surface area contributed by atoms with Crippen molar-refractivity contribution >= 4 is 11.8 Å². The highest BCUT2D eigenvalue weighted by Crippen LogP contribution is 2.21. The molecule has 6 heteroatoms. The minimum Gasteiger partial charge on any atom is -0.481 e. The fraction of sp³-hybridized carbons (Fsp3) is 0.269. The highest BCUT2D eigenvalue weighted by Gasteiger charge is 2.35. The van der Waals surface area contributed by atoms with Gasteiger partial charge in [-0.05, 0) is 54.8 Å². The van der Waals surface area contributed by atoms with Gasteiger partial charge in [-0.1, -0.05) is 42.0 Å². The van der Waals surface area contributed by atoms with E-state index in [0.29, 0.717) is 25.3 Å². The highest BCUT2D eigenvalue weighted by atomic mass is 16.5. The third kappa shape index (κ3) is 4.97. The van der Waals surface area contributed by atoms with E-state index in [1.165, 1.54) is 0 Å². The zero-order valence-electron chi connectivity index (χ0n) is 18.3. The van der Waals surface area contributed by atoms with Gasteiger partial charge in [0.25, 0.3) is 5.91 Å². The Balaban J connectivity index is 1.46. The zero-order chi connectivity index (χ0) is 22.5. The minimum absolute atomic E-state index is 0.134. The van der Waals surface area contributed by atoms with E-state index < -0.39 is 12.1 Å². The predicted molar refractivity (Wildman–Crippen MR) is 123 cm³/mol. The minimum atomic E-state index is -0.680. The number of nitrogens with zero attached hydrogens (tertiary/aromatic N) is 2. The van der Waals surface area contributed by atoms with Gasteiger partial charge in [-0.2, -0.15) is 0 Å². The van der Waals surface area contributed by atoms with Crippen LogP contribution in [0.1, 0.15) is 18.1 Å². The number of ether oxygens (including phenoxy) is 1. The first-order valence-electron chi connectivity index (χ1n) is 10.8. The maximum absolute atomic E-state index is 13.2. The van der Waals surface area contributed by atoms with Crippen LogP contribution in [-0.2, 0) is 16.0 Å². The average Bonchev–Trinajstić information content (AvgIpc) is 2.82. The van der Waals surface area contributed by atoms with Gasteiger partial charge in [-0.15, -0.1) is 0 Å². The molecule has 1 aromatic heterocycles. The topological polar surface area (TPSA) is 71.5 Å². The summed E-state index contributed by atoms with van der Waals surface area (Å²) < 4.78 is 5.85. The Morgan fingerprint density at radius 2 is 1.72 bits per heavy atom. The molecule has 0 spiro atoms. The molecule has 1 N–H and O–H groups in total. The van der Waals surface area contributed by atoms with Gasteiger partial charge in [0, 0.05) is 31.9 Å². The number of aryl methyl sites for hydroxylation is 1. The van der Waals surface area contributed by atoms with Crippen LogP contribution in [0.2, 0.25) is 0 Å². The summed E-state index contributed by atoms with van der Waals surface area (Å²) in [6.07, 6.45) is 3.30. The smallest absolute Gasteiger partial charge is 0.264 e. The van der Waals surface area contributed by atoms with E-state index in [-0.39, 0.29) is 11.8 Å². The quantitative estimate of drug-likeness (QED) is 0.652.